The monoisotopic (exact) mass is 282 g/mol. The minimum atomic E-state index is -3.66. The Hall–Kier alpha value is -1.00. The second-order valence-electron chi connectivity index (χ2n) is 3.66. The molecule has 1 heterocycles. The lowest BCUT2D eigenvalue weighted by Crippen LogP contribution is -2.32. The number of aromatic amines is 1. The van der Waals surface area contributed by atoms with E-state index in [4.69, 9.17) is 0 Å². The lowest BCUT2D eigenvalue weighted by Gasteiger charge is -2.11. The van der Waals surface area contributed by atoms with Gasteiger partial charge in [-0.3, -0.25) is 5.10 Å². The third-order valence-corrected chi connectivity index (χ3v) is 4.58. The molecule has 0 aromatic carbocycles. The molecular weight excluding hydrogens is 268 g/mol. The van der Waals surface area contributed by atoms with Crippen LogP contribution in [0.5, 0.6) is 0 Å². The molecule has 0 spiro atoms. The van der Waals surface area contributed by atoms with Crippen LogP contribution in [0.2, 0.25) is 0 Å². The summed E-state index contributed by atoms with van der Waals surface area (Å²) in [5.41, 5.74) is 0. The molecule has 0 amide bonds. The van der Waals surface area contributed by atoms with Gasteiger partial charge in [0.1, 0.15) is 22.0 Å². The van der Waals surface area contributed by atoms with Crippen molar-refractivity contribution < 1.29 is 16.8 Å². The number of H-pyrrole nitrogens is 1. The summed E-state index contributed by atoms with van der Waals surface area (Å²) in [6.45, 7) is 1.58. The van der Waals surface area contributed by atoms with E-state index in [9.17, 15) is 16.8 Å². The summed E-state index contributed by atoms with van der Waals surface area (Å²) < 4.78 is 47.1. The van der Waals surface area contributed by atoms with Crippen LogP contribution in [0.3, 0.4) is 0 Å². The first kappa shape index (κ1) is 14.1. The lowest BCUT2D eigenvalue weighted by molar-refractivity contribution is 0.559. The van der Waals surface area contributed by atoms with E-state index < -0.39 is 37.4 Å². The highest BCUT2D eigenvalue weighted by molar-refractivity contribution is 7.93. The van der Waals surface area contributed by atoms with Crippen molar-refractivity contribution in [3.05, 3.63) is 12.2 Å². The number of aromatic nitrogens is 3. The van der Waals surface area contributed by atoms with Gasteiger partial charge in [-0.2, -0.15) is 5.10 Å². The number of sulfonamides is 1. The van der Waals surface area contributed by atoms with Gasteiger partial charge in [0.15, 0.2) is 0 Å². The molecule has 0 aliphatic rings. The highest BCUT2D eigenvalue weighted by Gasteiger charge is 2.19. The number of nitrogens with zero attached hydrogens (tertiary/aromatic N) is 2. The number of nitrogens with one attached hydrogen (secondary N) is 2. The van der Waals surface area contributed by atoms with E-state index in [-0.39, 0.29) is 0 Å². The van der Waals surface area contributed by atoms with Crippen molar-refractivity contribution in [2.75, 3.05) is 17.8 Å². The Balaban J connectivity index is 2.61. The Morgan fingerprint density at radius 1 is 1.35 bits per heavy atom. The summed E-state index contributed by atoms with van der Waals surface area (Å²) in [5.74, 6) is -0.511. The zero-order valence-electron chi connectivity index (χ0n) is 9.41. The second-order valence-corrected chi connectivity index (χ2v) is 7.79. The largest absolute Gasteiger partial charge is 0.262 e. The molecule has 98 valence electrons. The first-order valence-corrected chi connectivity index (χ1v) is 8.44. The summed E-state index contributed by atoms with van der Waals surface area (Å²) in [6, 6.07) is -0.581. The van der Waals surface area contributed by atoms with Crippen LogP contribution in [-0.2, 0) is 19.9 Å². The van der Waals surface area contributed by atoms with Gasteiger partial charge >= 0.3 is 0 Å². The predicted octanol–water partition coefficient (Wildman–Crippen LogP) is -1.17. The first-order valence-electron chi connectivity index (χ1n) is 4.72. The molecule has 2 N–H and O–H groups in total. The van der Waals surface area contributed by atoms with Crippen molar-refractivity contribution in [1.82, 2.24) is 19.9 Å². The fraction of sp³-hybridized carbons (Fsp3) is 0.714. The molecule has 8 nitrogen and oxygen atoms in total. The van der Waals surface area contributed by atoms with Gasteiger partial charge in [-0.15, -0.1) is 0 Å². The summed E-state index contributed by atoms with van der Waals surface area (Å²) in [7, 11) is -6.96. The van der Waals surface area contributed by atoms with E-state index in [0.717, 1.165) is 6.26 Å². The molecule has 1 aromatic rings. The van der Waals surface area contributed by atoms with Gasteiger partial charge in [-0.25, -0.2) is 26.5 Å². The maximum Gasteiger partial charge on any atom is 0.213 e. The molecule has 0 aliphatic carbocycles. The van der Waals surface area contributed by atoms with Crippen LogP contribution in [0.4, 0.5) is 0 Å². The van der Waals surface area contributed by atoms with Gasteiger partial charge in [0.2, 0.25) is 10.0 Å². The third-order valence-electron chi connectivity index (χ3n) is 1.92. The molecule has 1 rings (SSSR count). The number of hydrogen-bond donors (Lipinski definition) is 2. The Labute approximate surface area is 99.8 Å². The van der Waals surface area contributed by atoms with Gasteiger partial charge in [0.05, 0.1) is 17.5 Å². The molecule has 0 fully saturated rings. The maximum absolute atomic E-state index is 11.5. The van der Waals surface area contributed by atoms with E-state index >= 15 is 0 Å². The molecule has 0 saturated carbocycles. The van der Waals surface area contributed by atoms with E-state index in [1.807, 2.05) is 0 Å². The standard InChI is InChI=1S/C7H14N4O4S2/c1-6(7-8-5-9-10-7)11-17(14,15)4-3-16(2,12)13/h5-6,11H,3-4H2,1-2H3,(H,8,9,10). The van der Waals surface area contributed by atoms with Gasteiger partial charge in [0.25, 0.3) is 0 Å². The average molecular weight is 282 g/mol. The molecule has 0 radical (unpaired) electrons. The molecule has 1 aromatic heterocycles. The minimum absolute atomic E-state index is 0.368. The fourth-order valence-electron chi connectivity index (χ4n) is 1.07. The molecule has 0 saturated heterocycles. The van der Waals surface area contributed by atoms with Gasteiger partial charge < -0.3 is 0 Å². The average Bonchev–Trinajstić information content (AvgIpc) is 2.66. The van der Waals surface area contributed by atoms with Crippen LogP contribution in [0, 0.1) is 0 Å². The molecule has 10 heteroatoms. The number of rotatable bonds is 6. The summed E-state index contributed by atoms with van der Waals surface area (Å²) in [6.07, 6.45) is 2.25. The topological polar surface area (TPSA) is 122 Å². The quantitative estimate of drug-likeness (QED) is 0.678. The Kier molecular flexibility index (Phi) is 4.22. The van der Waals surface area contributed by atoms with Crippen LogP contribution in [0.1, 0.15) is 18.8 Å². The Morgan fingerprint density at radius 3 is 2.47 bits per heavy atom. The molecule has 17 heavy (non-hydrogen) atoms. The van der Waals surface area contributed by atoms with Crippen molar-refractivity contribution >= 4 is 19.9 Å². The van der Waals surface area contributed by atoms with Gasteiger partial charge in [-0.1, -0.05) is 0 Å². The lowest BCUT2D eigenvalue weighted by atomic mass is 10.3. The molecule has 1 atom stereocenters. The van der Waals surface area contributed by atoms with Crippen molar-refractivity contribution in [3.8, 4) is 0 Å². The molecular formula is C7H14N4O4S2. The normalized spacial score (nSPS) is 14.7. The highest BCUT2D eigenvalue weighted by Crippen LogP contribution is 2.06. The first-order chi connectivity index (χ1) is 7.70. The third kappa shape index (κ3) is 5.24. The highest BCUT2D eigenvalue weighted by atomic mass is 32.2. The van der Waals surface area contributed by atoms with Crippen molar-refractivity contribution in [2.45, 2.75) is 13.0 Å². The smallest absolute Gasteiger partial charge is 0.213 e. The SMILES string of the molecule is CC(NS(=O)(=O)CCS(C)(=O)=O)c1ncn[nH]1. The van der Waals surface area contributed by atoms with Crippen molar-refractivity contribution in [1.29, 1.82) is 0 Å². The van der Waals surface area contributed by atoms with Crippen LogP contribution >= 0.6 is 0 Å². The van der Waals surface area contributed by atoms with Crippen molar-refractivity contribution in [2.24, 2.45) is 0 Å². The Bertz CT molecular complexity index is 549. The van der Waals surface area contributed by atoms with E-state index in [2.05, 4.69) is 19.9 Å². The fourth-order valence-corrected chi connectivity index (χ4v) is 3.93. The zero-order chi connectivity index (χ0) is 13.1. The second kappa shape index (κ2) is 5.10. The number of sulfone groups is 1. The van der Waals surface area contributed by atoms with E-state index in [1.165, 1.54) is 6.33 Å². The van der Waals surface area contributed by atoms with E-state index in [0.29, 0.717) is 5.82 Å². The van der Waals surface area contributed by atoms with Crippen LogP contribution in [0.15, 0.2) is 6.33 Å². The molecule has 1 unspecified atom stereocenters. The maximum atomic E-state index is 11.5. The predicted molar refractivity (Wildman–Crippen MR) is 61.4 cm³/mol. The zero-order valence-corrected chi connectivity index (χ0v) is 11.0. The van der Waals surface area contributed by atoms with Crippen molar-refractivity contribution in [3.63, 3.8) is 0 Å². The van der Waals surface area contributed by atoms with Crippen LogP contribution < -0.4 is 4.72 Å². The van der Waals surface area contributed by atoms with Crippen LogP contribution in [-0.4, -0.2) is 49.8 Å². The molecule has 0 aliphatic heterocycles. The number of hydrogen-bond acceptors (Lipinski definition) is 6. The molecule has 0 bridgehead atoms. The van der Waals surface area contributed by atoms with Crippen LogP contribution in [0.25, 0.3) is 0 Å². The van der Waals surface area contributed by atoms with Gasteiger partial charge in [-0.05, 0) is 6.92 Å². The summed E-state index contributed by atoms with van der Waals surface area (Å²) >= 11 is 0. The summed E-state index contributed by atoms with van der Waals surface area (Å²) in [4.78, 5) is 3.80. The Morgan fingerprint density at radius 2 is 2.00 bits per heavy atom. The summed E-state index contributed by atoms with van der Waals surface area (Å²) in [5, 5.41) is 6.12. The van der Waals surface area contributed by atoms with E-state index in [1.54, 1.807) is 6.92 Å². The minimum Gasteiger partial charge on any atom is -0.262 e. The van der Waals surface area contributed by atoms with Gasteiger partial charge in [0, 0.05) is 6.26 Å².